The van der Waals surface area contributed by atoms with E-state index in [9.17, 15) is 4.79 Å². The number of hydrogen-bond acceptors (Lipinski definition) is 6. The lowest BCUT2D eigenvalue weighted by Gasteiger charge is -2.32. The van der Waals surface area contributed by atoms with E-state index in [2.05, 4.69) is 20.4 Å². The SMILES string of the molecule is COc1ccc(-c2noc(CNC(=O)[C@H]3CCCN(Cc4ccccc4Cl)C3)n2)cc1. The predicted octanol–water partition coefficient (Wildman–Crippen LogP) is 3.93. The molecule has 7 nitrogen and oxygen atoms in total. The van der Waals surface area contributed by atoms with Crippen LogP contribution in [0.2, 0.25) is 5.02 Å². The Balaban J connectivity index is 1.30. The third-order valence-electron chi connectivity index (χ3n) is 5.46. The molecule has 1 N–H and O–H groups in total. The summed E-state index contributed by atoms with van der Waals surface area (Å²) in [5.41, 5.74) is 1.91. The lowest BCUT2D eigenvalue weighted by Crippen LogP contribution is -2.42. The van der Waals surface area contributed by atoms with Gasteiger partial charge in [-0.2, -0.15) is 4.98 Å². The van der Waals surface area contributed by atoms with Crippen LogP contribution in [0.1, 0.15) is 24.3 Å². The highest BCUT2D eigenvalue weighted by Crippen LogP contribution is 2.23. The van der Waals surface area contributed by atoms with Crippen LogP contribution in [0.25, 0.3) is 11.4 Å². The molecule has 0 aliphatic carbocycles. The molecule has 1 fully saturated rings. The van der Waals surface area contributed by atoms with E-state index < -0.39 is 0 Å². The molecule has 1 aliphatic rings. The van der Waals surface area contributed by atoms with Gasteiger partial charge in [0.2, 0.25) is 17.6 Å². The van der Waals surface area contributed by atoms with Gasteiger partial charge in [-0.3, -0.25) is 9.69 Å². The van der Waals surface area contributed by atoms with Gasteiger partial charge in [-0.15, -0.1) is 0 Å². The summed E-state index contributed by atoms with van der Waals surface area (Å²) in [6.07, 6.45) is 1.84. The van der Waals surface area contributed by atoms with Gasteiger partial charge in [-0.05, 0) is 55.3 Å². The summed E-state index contributed by atoms with van der Waals surface area (Å²) in [5.74, 6) is 1.56. The summed E-state index contributed by atoms with van der Waals surface area (Å²) in [6, 6.07) is 15.2. The summed E-state index contributed by atoms with van der Waals surface area (Å²) in [6.45, 7) is 2.63. The van der Waals surface area contributed by atoms with E-state index in [1.165, 1.54) is 0 Å². The van der Waals surface area contributed by atoms with Crippen molar-refractivity contribution in [3.05, 3.63) is 65.0 Å². The average Bonchev–Trinajstić information content (AvgIpc) is 3.28. The molecule has 31 heavy (non-hydrogen) atoms. The standard InChI is InChI=1S/C23H25ClN4O3/c1-30-19-10-8-16(9-11-19)22-26-21(31-27-22)13-25-23(29)18-6-4-12-28(15-18)14-17-5-2-3-7-20(17)24/h2-3,5,7-11,18H,4,6,12-15H2,1H3,(H,25,29)/t18-/m0/s1. The summed E-state index contributed by atoms with van der Waals surface area (Å²) >= 11 is 6.29. The molecule has 2 aromatic carbocycles. The summed E-state index contributed by atoms with van der Waals surface area (Å²) < 4.78 is 10.5. The molecule has 3 aromatic rings. The van der Waals surface area contributed by atoms with Gasteiger partial charge >= 0.3 is 0 Å². The number of methoxy groups -OCH3 is 1. The van der Waals surface area contributed by atoms with E-state index in [0.717, 1.165) is 47.8 Å². The predicted molar refractivity (Wildman–Crippen MR) is 118 cm³/mol. The van der Waals surface area contributed by atoms with Crippen molar-refractivity contribution in [2.75, 3.05) is 20.2 Å². The van der Waals surface area contributed by atoms with Gasteiger partial charge in [0.05, 0.1) is 19.6 Å². The second kappa shape index (κ2) is 9.94. The fourth-order valence-electron chi connectivity index (χ4n) is 3.77. The van der Waals surface area contributed by atoms with Gasteiger partial charge in [0, 0.05) is 23.7 Å². The van der Waals surface area contributed by atoms with Crippen molar-refractivity contribution < 1.29 is 14.1 Å². The number of carbonyl (C=O) groups is 1. The van der Waals surface area contributed by atoms with E-state index in [1.54, 1.807) is 7.11 Å². The second-order valence-corrected chi connectivity index (χ2v) is 8.03. The van der Waals surface area contributed by atoms with Gasteiger partial charge in [0.15, 0.2) is 0 Å². The van der Waals surface area contributed by atoms with E-state index in [1.807, 2.05) is 48.5 Å². The first-order chi connectivity index (χ1) is 15.1. The van der Waals surface area contributed by atoms with Crippen molar-refractivity contribution in [3.63, 3.8) is 0 Å². The molecule has 0 radical (unpaired) electrons. The van der Waals surface area contributed by atoms with Crippen molar-refractivity contribution in [2.24, 2.45) is 5.92 Å². The van der Waals surface area contributed by atoms with Gasteiger partial charge < -0.3 is 14.6 Å². The van der Waals surface area contributed by atoms with E-state index >= 15 is 0 Å². The van der Waals surface area contributed by atoms with Crippen molar-refractivity contribution in [1.82, 2.24) is 20.4 Å². The molecule has 1 atom stereocenters. The van der Waals surface area contributed by atoms with E-state index in [-0.39, 0.29) is 18.4 Å². The molecule has 1 saturated heterocycles. The van der Waals surface area contributed by atoms with Crippen LogP contribution in [0.4, 0.5) is 0 Å². The number of benzene rings is 2. The number of nitrogens with zero attached hydrogens (tertiary/aromatic N) is 3. The molecular weight excluding hydrogens is 416 g/mol. The number of halogens is 1. The van der Waals surface area contributed by atoms with Crippen LogP contribution >= 0.6 is 11.6 Å². The topological polar surface area (TPSA) is 80.5 Å². The molecule has 4 rings (SSSR count). The maximum atomic E-state index is 12.7. The lowest BCUT2D eigenvalue weighted by molar-refractivity contribution is -0.127. The highest BCUT2D eigenvalue weighted by molar-refractivity contribution is 6.31. The van der Waals surface area contributed by atoms with Crippen molar-refractivity contribution in [1.29, 1.82) is 0 Å². The van der Waals surface area contributed by atoms with Crippen LogP contribution in [0.15, 0.2) is 53.1 Å². The Kier molecular flexibility index (Phi) is 6.84. The molecule has 1 aliphatic heterocycles. The fourth-order valence-corrected chi connectivity index (χ4v) is 3.97. The minimum Gasteiger partial charge on any atom is -0.497 e. The normalized spacial score (nSPS) is 16.8. The Morgan fingerprint density at radius 3 is 2.84 bits per heavy atom. The average molecular weight is 441 g/mol. The number of nitrogens with one attached hydrogen (secondary N) is 1. The molecule has 1 amide bonds. The third-order valence-corrected chi connectivity index (χ3v) is 5.83. The molecule has 2 heterocycles. The Morgan fingerprint density at radius 1 is 1.26 bits per heavy atom. The smallest absolute Gasteiger partial charge is 0.246 e. The van der Waals surface area contributed by atoms with Crippen LogP contribution in [0, 0.1) is 5.92 Å². The second-order valence-electron chi connectivity index (χ2n) is 7.62. The highest BCUT2D eigenvalue weighted by Gasteiger charge is 2.26. The molecular formula is C23H25ClN4O3. The Morgan fingerprint density at radius 2 is 2.06 bits per heavy atom. The zero-order valence-electron chi connectivity index (χ0n) is 17.4. The molecule has 1 aromatic heterocycles. The number of rotatable bonds is 7. The van der Waals surface area contributed by atoms with E-state index in [0.29, 0.717) is 18.3 Å². The molecule has 0 unspecified atom stereocenters. The zero-order valence-corrected chi connectivity index (χ0v) is 18.1. The van der Waals surface area contributed by atoms with Crippen LogP contribution in [-0.2, 0) is 17.9 Å². The first-order valence-electron chi connectivity index (χ1n) is 10.3. The zero-order chi connectivity index (χ0) is 21.6. The fraction of sp³-hybridized carbons (Fsp3) is 0.348. The Labute approximate surface area is 186 Å². The number of hydrogen-bond donors (Lipinski definition) is 1. The number of aromatic nitrogens is 2. The number of amides is 1. The van der Waals surface area contributed by atoms with Crippen LogP contribution in [0.5, 0.6) is 5.75 Å². The number of piperidine rings is 1. The molecule has 162 valence electrons. The first kappa shape index (κ1) is 21.3. The maximum absolute atomic E-state index is 12.7. The highest BCUT2D eigenvalue weighted by atomic mass is 35.5. The molecule has 0 bridgehead atoms. The third kappa shape index (κ3) is 5.42. The van der Waals surface area contributed by atoms with Crippen LogP contribution in [-0.4, -0.2) is 41.1 Å². The number of carbonyl (C=O) groups excluding carboxylic acids is 1. The summed E-state index contributed by atoms with van der Waals surface area (Å²) in [4.78, 5) is 19.4. The molecule has 0 saturated carbocycles. The molecule has 0 spiro atoms. The van der Waals surface area contributed by atoms with Gasteiger partial charge in [0.25, 0.3) is 0 Å². The summed E-state index contributed by atoms with van der Waals surface area (Å²) in [7, 11) is 1.62. The van der Waals surface area contributed by atoms with Gasteiger partial charge in [-0.25, -0.2) is 0 Å². The van der Waals surface area contributed by atoms with Crippen LogP contribution < -0.4 is 10.1 Å². The van der Waals surface area contributed by atoms with Gasteiger partial charge in [0.1, 0.15) is 5.75 Å². The first-order valence-corrected chi connectivity index (χ1v) is 10.7. The molecule has 8 heteroatoms. The summed E-state index contributed by atoms with van der Waals surface area (Å²) in [5, 5.41) is 7.70. The van der Waals surface area contributed by atoms with E-state index in [4.69, 9.17) is 20.9 Å². The number of likely N-dealkylation sites (tertiary alicyclic amines) is 1. The minimum atomic E-state index is -0.0692. The Bertz CT molecular complexity index is 1020. The quantitative estimate of drug-likeness (QED) is 0.599. The monoisotopic (exact) mass is 440 g/mol. The van der Waals surface area contributed by atoms with Crippen molar-refractivity contribution in [3.8, 4) is 17.1 Å². The van der Waals surface area contributed by atoms with Gasteiger partial charge in [-0.1, -0.05) is 35.0 Å². The largest absolute Gasteiger partial charge is 0.497 e. The van der Waals surface area contributed by atoms with Crippen LogP contribution in [0.3, 0.4) is 0 Å². The number of ether oxygens (including phenoxy) is 1. The lowest BCUT2D eigenvalue weighted by atomic mass is 9.96. The Hall–Kier alpha value is -2.90. The minimum absolute atomic E-state index is 0.00746. The van der Waals surface area contributed by atoms with Crippen molar-refractivity contribution in [2.45, 2.75) is 25.9 Å². The maximum Gasteiger partial charge on any atom is 0.246 e. The van der Waals surface area contributed by atoms with Crippen molar-refractivity contribution >= 4 is 17.5 Å².